The van der Waals surface area contributed by atoms with E-state index >= 15 is 0 Å². The molecule has 128 valence electrons. The predicted octanol–water partition coefficient (Wildman–Crippen LogP) is 3.99. The average Bonchev–Trinajstić information content (AvgIpc) is 3.09. The van der Waals surface area contributed by atoms with Crippen molar-refractivity contribution in [2.45, 2.75) is 39.2 Å². The van der Waals surface area contributed by atoms with Crippen LogP contribution in [0.5, 0.6) is 0 Å². The van der Waals surface area contributed by atoms with Crippen molar-refractivity contribution in [1.82, 2.24) is 14.9 Å². The molecule has 3 heterocycles. The minimum Gasteiger partial charge on any atom is -0.363 e. The summed E-state index contributed by atoms with van der Waals surface area (Å²) in [5.74, 6) is 0.598. The molecule has 1 aliphatic rings. The second kappa shape index (κ2) is 7.94. The fourth-order valence-electron chi connectivity index (χ4n) is 2.73. The number of hydrogen-bond donors (Lipinski definition) is 1. The van der Waals surface area contributed by atoms with Crippen LogP contribution in [-0.2, 0) is 13.0 Å². The van der Waals surface area contributed by atoms with Crippen molar-refractivity contribution in [3.8, 4) is 0 Å². The molecule has 0 saturated carbocycles. The SMILES string of the molecule is CCc1nc(CNc2ncc(C(=O)N3CCCCC3)cc2Cl)cs1. The zero-order valence-electron chi connectivity index (χ0n) is 13.7. The molecule has 24 heavy (non-hydrogen) atoms. The first-order valence-corrected chi connectivity index (χ1v) is 9.55. The number of nitrogens with one attached hydrogen (secondary N) is 1. The first-order chi connectivity index (χ1) is 11.7. The van der Waals surface area contributed by atoms with E-state index in [0.29, 0.717) is 22.9 Å². The van der Waals surface area contributed by atoms with Gasteiger partial charge in [-0.25, -0.2) is 9.97 Å². The highest BCUT2D eigenvalue weighted by atomic mass is 35.5. The lowest BCUT2D eigenvalue weighted by Gasteiger charge is -2.26. The van der Waals surface area contributed by atoms with Crippen molar-refractivity contribution < 1.29 is 4.79 Å². The van der Waals surface area contributed by atoms with E-state index < -0.39 is 0 Å². The number of anilines is 1. The number of aromatic nitrogens is 2. The average molecular weight is 365 g/mol. The lowest BCUT2D eigenvalue weighted by Crippen LogP contribution is -2.35. The molecule has 1 amide bonds. The van der Waals surface area contributed by atoms with Gasteiger partial charge in [-0.05, 0) is 31.7 Å². The van der Waals surface area contributed by atoms with E-state index in [9.17, 15) is 4.79 Å². The van der Waals surface area contributed by atoms with Gasteiger partial charge in [-0.1, -0.05) is 18.5 Å². The highest BCUT2D eigenvalue weighted by molar-refractivity contribution is 7.09. The molecule has 1 saturated heterocycles. The second-order valence-electron chi connectivity index (χ2n) is 5.85. The Kier molecular flexibility index (Phi) is 5.68. The Hall–Kier alpha value is -1.66. The minimum absolute atomic E-state index is 0.0164. The number of amides is 1. The van der Waals surface area contributed by atoms with Gasteiger partial charge in [0, 0.05) is 24.7 Å². The summed E-state index contributed by atoms with van der Waals surface area (Å²) >= 11 is 7.95. The van der Waals surface area contributed by atoms with E-state index in [1.54, 1.807) is 23.6 Å². The van der Waals surface area contributed by atoms with Crippen LogP contribution in [0.1, 0.15) is 47.2 Å². The lowest BCUT2D eigenvalue weighted by atomic mass is 10.1. The molecule has 0 unspecified atom stereocenters. The number of halogens is 1. The second-order valence-corrected chi connectivity index (χ2v) is 7.20. The molecule has 0 aromatic carbocycles. The molecule has 7 heteroatoms. The summed E-state index contributed by atoms with van der Waals surface area (Å²) in [6.45, 7) is 4.30. The van der Waals surface area contributed by atoms with Crippen LogP contribution in [0.25, 0.3) is 0 Å². The maximum absolute atomic E-state index is 12.5. The zero-order valence-corrected chi connectivity index (χ0v) is 15.3. The van der Waals surface area contributed by atoms with E-state index in [0.717, 1.165) is 43.1 Å². The van der Waals surface area contributed by atoms with Crippen molar-refractivity contribution in [3.63, 3.8) is 0 Å². The standard InChI is InChI=1S/C17H21ClN4OS/c1-2-15-21-13(11-24-15)10-20-16-14(18)8-12(9-19-16)17(23)22-6-4-3-5-7-22/h8-9,11H,2-7,10H2,1H3,(H,19,20). The van der Waals surface area contributed by atoms with Crippen LogP contribution in [0.15, 0.2) is 17.6 Å². The highest BCUT2D eigenvalue weighted by Crippen LogP contribution is 2.23. The third-order valence-electron chi connectivity index (χ3n) is 4.07. The van der Waals surface area contributed by atoms with Crippen LogP contribution in [0.3, 0.4) is 0 Å². The Labute approximate surface area is 151 Å². The molecule has 2 aromatic rings. The van der Waals surface area contributed by atoms with Crippen LogP contribution in [0, 0.1) is 0 Å². The number of piperidine rings is 1. The molecular weight excluding hydrogens is 344 g/mol. The van der Waals surface area contributed by atoms with E-state index in [2.05, 4.69) is 22.2 Å². The number of carbonyl (C=O) groups is 1. The van der Waals surface area contributed by atoms with Crippen molar-refractivity contribution in [1.29, 1.82) is 0 Å². The summed E-state index contributed by atoms with van der Waals surface area (Å²) in [7, 11) is 0. The van der Waals surface area contributed by atoms with Crippen LogP contribution in [0.4, 0.5) is 5.82 Å². The Morgan fingerprint density at radius 1 is 1.38 bits per heavy atom. The van der Waals surface area contributed by atoms with Crippen LogP contribution in [0.2, 0.25) is 5.02 Å². The van der Waals surface area contributed by atoms with Gasteiger partial charge < -0.3 is 10.2 Å². The molecule has 3 rings (SSSR count). The van der Waals surface area contributed by atoms with Gasteiger partial charge in [0.15, 0.2) is 0 Å². The normalized spacial score (nSPS) is 14.7. The van der Waals surface area contributed by atoms with Gasteiger partial charge >= 0.3 is 0 Å². The fourth-order valence-corrected chi connectivity index (χ4v) is 3.71. The van der Waals surface area contributed by atoms with Crippen molar-refractivity contribution in [2.24, 2.45) is 0 Å². The van der Waals surface area contributed by atoms with Gasteiger partial charge in [0.25, 0.3) is 5.91 Å². The fraction of sp³-hybridized carbons (Fsp3) is 0.471. The van der Waals surface area contributed by atoms with Crippen molar-refractivity contribution >= 4 is 34.7 Å². The van der Waals surface area contributed by atoms with Crippen LogP contribution in [-0.4, -0.2) is 33.9 Å². The van der Waals surface area contributed by atoms with Gasteiger partial charge in [0.1, 0.15) is 5.82 Å². The van der Waals surface area contributed by atoms with Gasteiger partial charge in [0.05, 0.1) is 27.8 Å². The molecule has 5 nitrogen and oxygen atoms in total. The number of pyridine rings is 1. The van der Waals surface area contributed by atoms with Gasteiger partial charge in [-0.15, -0.1) is 11.3 Å². The first-order valence-electron chi connectivity index (χ1n) is 8.29. The van der Waals surface area contributed by atoms with Crippen LogP contribution < -0.4 is 5.32 Å². The number of rotatable bonds is 5. The molecular formula is C17H21ClN4OS. The monoisotopic (exact) mass is 364 g/mol. The Morgan fingerprint density at radius 3 is 2.83 bits per heavy atom. The quantitative estimate of drug-likeness (QED) is 0.871. The van der Waals surface area contributed by atoms with Crippen LogP contribution >= 0.6 is 22.9 Å². The molecule has 2 aromatic heterocycles. The van der Waals surface area contributed by atoms with E-state index in [4.69, 9.17) is 11.6 Å². The number of thiazole rings is 1. The summed E-state index contributed by atoms with van der Waals surface area (Å²) in [6, 6.07) is 1.70. The van der Waals surface area contributed by atoms with E-state index in [1.807, 2.05) is 10.3 Å². The first kappa shape index (κ1) is 17.2. The molecule has 0 spiro atoms. The third kappa shape index (κ3) is 4.05. The molecule has 0 atom stereocenters. The van der Waals surface area contributed by atoms with E-state index in [1.165, 1.54) is 6.42 Å². The predicted molar refractivity (Wildman–Crippen MR) is 97.8 cm³/mol. The summed E-state index contributed by atoms with van der Waals surface area (Å²) in [5, 5.41) is 6.80. The zero-order chi connectivity index (χ0) is 16.9. The van der Waals surface area contributed by atoms with Gasteiger partial charge in [-0.2, -0.15) is 0 Å². The van der Waals surface area contributed by atoms with Gasteiger partial charge in [0.2, 0.25) is 0 Å². The summed E-state index contributed by atoms with van der Waals surface area (Å²) in [5.41, 5.74) is 1.53. The number of carbonyl (C=O) groups excluding carboxylic acids is 1. The molecule has 0 radical (unpaired) electrons. The Bertz CT molecular complexity index is 712. The van der Waals surface area contributed by atoms with Gasteiger partial charge in [-0.3, -0.25) is 4.79 Å². The molecule has 1 N–H and O–H groups in total. The Balaban J connectivity index is 1.64. The number of nitrogens with zero attached hydrogens (tertiary/aromatic N) is 3. The summed E-state index contributed by atoms with van der Waals surface area (Å²) < 4.78 is 0. The summed E-state index contributed by atoms with van der Waals surface area (Å²) in [4.78, 5) is 23.2. The molecule has 0 aliphatic carbocycles. The number of hydrogen-bond acceptors (Lipinski definition) is 5. The minimum atomic E-state index is 0.0164. The van der Waals surface area contributed by atoms with Crippen molar-refractivity contribution in [2.75, 3.05) is 18.4 Å². The molecule has 1 fully saturated rings. The maximum Gasteiger partial charge on any atom is 0.255 e. The number of likely N-dealkylation sites (tertiary alicyclic amines) is 1. The Morgan fingerprint density at radius 2 is 2.17 bits per heavy atom. The highest BCUT2D eigenvalue weighted by Gasteiger charge is 2.19. The number of aryl methyl sites for hydroxylation is 1. The molecule has 1 aliphatic heterocycles. The lowest BCUT2D eigenvalue weighted by molar-refractivity contribution is 0.0724. The van der Waals surface area contributed by atoms with E-state index in [-0.39, 0.29) is 5.91 Å². The maximum atomic E-state index is 12.5. The smallest absolute Gasteiger partial charge is 0.255 e. The summed E-state index contributed by atoms with van der Waals surface area (Å²) in [6.07, 6.45) is 5.88. The molecule has 0 bridgehead atoms. The van der Waals surface area contributed by atoms with Crippen molar-refractivity contribution in [3.05, 3.63) is 38.9 Å². The topological polar surface area (TPSA) is 58.1 Å². The third-order valence-corrected chi connectivity index (χ3v) is 5.40. The largest absolute Gasteiger partial charge is 0.363 e.